The summed E-state index contributed by atoms with van der Waals surface area (Å²) in [6.07, 6.45) is 3.39. The molecule has 0 aliphatic carbocycles. The first-order valence-corrected chi connectivity index (χ1v) is 4.23. The molecule has 0 spiro atoms. The van der Waals surface area contributed by atoms with E-state index in [-0.39, 0.29) is 0 Å². The van der Waals surface area contributed by atoms with E-state index in [0.29, 0.717) is 0 Å². The third kappa shape index (κ3) is 0.783. The Bertz CT molecular complexity index is 421. The van der Waals surface area contributed by atoms with Crippen molar-refractivity contribution in [1.82, 2.24) is 19.5 Å². The highest BCUT2D eigenvalue weighted by Crippen LogP contribution is 2.29. The van der Waals surface area contributed by atoms with Crippen LogP contribution in [0.1, 0.15) is 0 Å². The Morgan fingerprint density at radius 1 is 1.23 bits per heavy atom. The van der Waals surface area contributed by atoms with E-state index in [1.165, 1.54) is 0 Å². The summed E-state index contributed by atoms with van der Waals surface area (Å²) in [7, 11) is 2.06. The fourth-order valence-electron chi connectivity index (χ4n) is 1.75. The highest BCUT2D eigenvalue weighted by molar-refractivity contribution is 5.68. The number of hydrogen-bond donors (Lipinski definition) is 0. The van der Waals surface area contributed by atoms with Crippen molar-refractivity contribution in [2.75, 3.05) is 18.5 Å². The third-order valence-electron chi connectivity index (χ3n) is 2.42. The van der Waals surface area contributed by atoms with E-state index in [0.717, 1.165) is 30.4 Å². The predicted molar refractivity (Wildman–Crippen MR) is 47.7 cm³/mol. The average Bonchev–Trinajstić information content (AvgIpc) is 2.70. The van der Waals surface area contributed by atoms with Gasteiger partial charge in [0.25, 0.3) is 0 Å². The lowest BCUT2D eigenvalue weighted by molar-refractivity contribution is 0.770. The van der Waals surface area contributed by atoms with Crippen LogP contribution in [0.3, 0.4) is 0 Å². The Morgan fingerprint density at radius 2 is 2.15 bits per heavy atom. The summed E-state index contributed by atoms with van der Waals surface area (Å²) in [4.78, 5) is 14.7. The van der Waals surface area contributed by atoms with Crippen LogP contribution in [-0.4, -0.2) is 33.1 Å². The molecule has 0 bridgehead atoms. The molecule has 3 heterocycles. The first kappa shape index (κ1) is 6.82. The molecule has 0 atom stereocenters. The van der Waals surface area contributed by atoms with Gasteiger partial charge in [-0.2, -0.15) is 0 Å². The summed E-state index contributed by atoms with van der Waals surface area (Å²) in [6, 6.07) is 0. The second-order valence-corrected chi connectivity index (χ2v) is 3.23. The molecular weight excluding hydrogens is 166 g/mol. The molecule has 0 amide bonds. The maximum absolute atomic E-state index is 4.21. The molecule has 3 rings (SSSR count). The molecule has 13 heavy (non-hydrogen) atoms. The highest BCUT2D eigenvalue weighted by atomic mass is 15.3. The van der Waals surface area contributed by atoms with Crippen molar-refractivity contribution in [1.29, 1.82) is 0 Å². The number of aromatic nitrogens is 4. The lowest BCUT2D eigenvalue weighted by Crippen LogP contribution is -2.14. The normalized spacial score (nSPS) is 15.3. The number of likely N-dealkylation sites (N-methyl/N-ethyl adjacent to an activating group) is 1. The largest absolute Gasteiger partial charge is 0.357 e. The topological polar surface area (TPSA) is 46.8 Å². The molecule has 0 unspecified atom stereocenters. The smallest absolute Gasteiger partial charge is 0.184 e. The SMILES string of the molecule is CN1CCn2cnc3ncnc-3c21. The second kappa shape index (κ2) is 2.18. The molecular formula is C8H9N5. The van der Waals surface area contributed by atoms with E-state index >= 15 is 0 Å². The minimum atomic E-state index is 0.736. The van der Waals surface area contributed by atoms with E-state index in [1.807, 2.05) is 6.33 Å². The fraction of sp³-hybridized carbons (Fsp3) is 0.375. The van der Waals surface area contributed by atoms with Gasteiger partial charge in [0.05, 0.1) is 6.33 Å². The zero-order chi connectivity index (χ0) is 8.84. The summed E-state index contributed by atoms with van der Waals surface area (Å²) in [6.45, 7) is 2.01. The van der Waals surface area contributed by atoms with Gasteiger partial charge in [-0.15, -0.1) is 0 Å². The van der Waals surface area contributed by atoms with E-state index < -0.39 is 0 Å². The van der Waals surface area contributed by atoms with E-state index in [9.17, 15) is 0 Å². The zero-order valence-corrected chi connectivity index (χ0v) is 7.30. The van der Waals surface area contributed by atoms with Gasteiger partial charge in [0, 0.05) is 20.1 Å². The quantitative estimate of drug-likeness (QED) is 0.575. The predicted octanol–water partition coefficient (Wildman–Crippen LogP) is 0.228. The lowest BCUT2D eigenvalue weighted by Gasteiger charge is -2.12. The fourth-order valence-corrected chi connectivity index (χ4v) is 1.75. The minimum Gasteiger partial charge on any atom is -0.357 e. The van der Waals surface area contributed by atoms with Crippen molar-refractivity contribution in [3.63, 3.8) is 0 Å². The van der Waals surface area contributed by atoms with Crippen molar-refractivity contribution in [3.8, 4) is 11.5 Å². The minimum absolute atomic E-state index is 0.736. The monoisotopic (exact) mass is 175 g/mol. The molecule has 0 N–H and O–H groups in total. The van der Waals surface area contributed by atoms with Crippen LogP contribution in [0.2, 0.25) is 0 Å². The van der Waals surface area contributed by atoms with E-state index in [2.05, 4.69) is 31.5 Å². The van der Waals surface area contributed by atoms with Crippen LogP contribution in [0.25, 0.3) is 11.5 Å². The molecule has 0 saturated heterocycles. The molecule has 0 aromatic rings. The summed E-state index contributed by atoms with van der Waals surface area (Å²) < 4.78 is 2.11. The van der Waals surface area contributed by atoms with Gasteiger partial charge >= 0.3 is 0 Å². The highest BCUT2D eigenvalue weighted by Gasteiger charge is 2.23. The van der Waals surface area contributed by atoms with Crippen LogP contribution in [0.4, 0.5) is 5.82 Å². The van der Waals surface area contributed by atoms with Gasteiger partial charge in [-0.25, -0.2) is 15.0 Å². The molecule has 3 aliphatic heterocycles. The number of rotatable bonds is 0. The molecule has 3 aliphatic rings. The van der Waals surface area contributed by atoms with Crippen LogP contribution in [-0.2, 0) is 6.54 Å². The van der Waals surface area contributed by atoms with Gasteiger partial charge in [-0.05, 0) is 0 Å². The molecule has 0 saturated carbocycles. The number of imidazole rings is 1. The summed E-state index contributed by atoms with van der Waals surface area (Å²) in [5.41, 5.74) is 0.905. The molecule has 5 nitrogen and oxygen atoms in total. The van der Waals surface area contributed by atoms with Crippen LogP contribution in [0.15, 0.2) is 12.7 Å². The van der Waals surface area contributed by atoms with Crippen molar-refractivity contribution in [3.05, 3.63) is 12.7 Å². The molecule has 66 valence electrons. The average molecular weight is 175 g/mol. The van der Waals surface area contributed by atoms with Crippen molar-refractivity contribution in [2.24, 2.45) is 0 Å². The molecule has 0 fully saturated rings. The Morgan fingerprint density at radius 3 is 3.08 bits per heavy atom. The van der Waals surface area contributed by atoms with Crippen molar-refractivity contribution < 1.29 is 0 Å². The van der Waals surface area contributed by atoms with Gasteiger partial charge in [0.15, 0.2) is 11.5 Å². The van der Waals surface area contributed by atoms with E-state index in [4.69, 9.17) is 0 Å². The lowest BCUT2D eigenvalue weighted by atomic mass is 10.4. The Kier molecular flexibility index (Phi) is 1.15. The van der Waals surface area contributed by atoms with Gasteiger partial charge in [0.2, 0.25) is 0 Å². The van der Waals surface area contributed by atoms with Crippen LogP contribution in [0, 0.1) is 0 Å². The number of hydrogen-bond acceptors (Lipinski definition) is 4. The molecule has 0 radical (unpaired) electrons. The Balaban J connectivity index is 2.35. The Labute approximate surface area is 75.4 Å². The summed E-state index contributed by atoms with van der Waals surface area (Å²) in [5, 5.41) is 0. The van der Waals surface area contributed by atoms with Crippen molar-refractivity contribution in [2.45, 2.75) is 6.54 Å². The molecule has 0 aromatic carbocycles. The molecule has 0 aromatic heterocycles. The number of nitrogens with zero attached hydrogens (tertiary/aromatic N) is 5. The van der Waals surface area contributed by atoms with Gasteiger partial charge < -0.3 is 9.47 Å². The maximum Gasteiger partial charge on any atom is 0.184 e. The van der Waals surface area contributed by atoms with Gasteiger partial charge in [-0.3, -0.25) is 0 Å². The molecule has 5 heteroatoms. The number of anilines is 1. The first-order valence-electron chi connectivity index (χ1n) is 4.23. The van der Waals surface area contributed by atoms with Crippen molar-refractivity contribution >= 4 is 5.82 Å². The van der Waals surface area contributed by atoms with E-state index in [1.54, 1.807) is 6.33 Å². The van der Waals surface area contributed by atoms with Crippen LogP contribution in [0.5, 0.6) is 0 Å². The van der Waals surface area contributed by atoms with Crippen LogP contribution >= 0.6 is 0 Å². The summed E-state index contributed by atoms with van der Waals surface area (Å²) >= 11 is 0. The third-order valence-corrected chi connectivity index (χ3v) is 2.42. The van der Waals surface area contributed by atoms with Gasteiger partial charge in [0.1, 0.15) is 12.1 Å². The van der Waals surface area contributed by atoms with Crippen LogP contribution < -0.4 is 4.90 Å². The summed E-state index contributed by atoms with van der Waals surface area (Å²) in [5.74, 6) is 1.86. The maximum atomic E-state index is 4.21. The second-order valence-electron chi connectivity index (χ2n) is 3.23. The first-order chi connectivity index (χ1) is 6.36. The van der Waals surface area contributed by atoms with Gasteiger partial charge in [-0.1, -0.05) is 0 Å². The number of fused-ring (bicyclic) bond motifs is 3. The standard InChI is InChI=1S/C8H9N5/c1-12-2-3-13-5-11-7-6(8(12)13)9-4-10-7/h4-5H,2-3H2,1H3. The Hall–Kier alpha value is -1.65. The zero-order valence-electron chi connectivity index (χ0n) is 7.30.